The highest BCUT2D eigenvalue weighted by atomic mass is 32.2. The van der Waals surface area contributed by atoms with E-state index in [1.807, 2.05) is 25.1 Å². The van der Waals surface area contributed by atoms with E-state index >= 15 is 0 Å². The standard InChI is InChI=1S/C19H22FNO4S/c1-13(15-3-5-17-18(12-15)25-10-9-24-17)7-8-21-26(22,23)19-6-4-16(20)11-14(19)2/h3-6,11-13,21H,7-10H2,1-2H3. The van der Waals surface area contributed by atoms with E-state index in [9.17, 15) is 12.8 Å². The molecule has 1 N–H and O–H groups in total. The number of hydrogen-bond acceptors (Lipinski definition) is 4. The summed E-state index contributed by atoms with van der Waals surface area (Å²) in [4.78, 5) is 0.103. The van der Waals surface area contributed by atoms with Crippen LogP contribution in [0.5, 0.6) is 11.5 Å². The molecule has 2 aromatic rings. The molecule has 1 aliphatic rings. The van der Waals surface area contributed by atoms with Gasteiger partial charge in [-0.2, -0.15) is 0 Å². The first-order valence-electron chi connectivity index (χ1n) is 8.52. The minimum atomic E-state index is -3.66. The highest BCUT2D eigenvalue weighted by Gasteiger charge is 2.18. The van der Waals surface area contributed by atoms with Crippen LogP contribution < -0.4 is 14.2 Å². The third-order valence-electron chi connectivity index (χ3n) is 4.43. The lowest BCUT2D eigenvalue weighted by molar-refractivity contribution is 0.171. The SMILES string of the molecule is Cc1cc(F)ccc1S(=O)(=O)NCCC(C)c1ccc2c(c1)OCCO2. The van der Waals surface area contributed by atoms with E-state index in [-0.39, 0.29) is 17.4 Å². The average Bonchev–Trinajstić information content (AvgIpc) is 2.60. The number of nitrogens with one attached hydrogen (secondary N) is 1. The first-order chi connectivity index (χ1) is 12.4. The summed E-state index contributed by atoms with van der Waals surface area (Å²) in [6.45, 7) is 4.97. The molecule has 26 heavy (non-hydrogen) atoms. The Bertz CT molecular complexity index is 898. The van der Waals surface area contributed by atoms with Gasteiger partial charge in [-0.05, 0) is 60.7 Å². The molecule has 1 unspecified atom stereocenters. The normalized spacial score (nSPS) is 14.9. The third-order valence-corrected chi connectivity index (χ3v) is 6.05. The Morgan fingerprint density at radius 1 is 1.12 bits per heavy atom. The van der Waals surface area contributed by atoms with Gasteiger partial charge < -0.3 is 9.47 Å². The fourth-order valence-corrected chi connectivity index (χ4v) is 4.21. The van der Waals surface area contributed by atoms with Crippen molar-refractivity contribution in [2.45, 2.75) is 31.1 Å². The van der Waals surface area contributed by atoms with Gasteiger partial charge in [0.2, 0.25) is 10.0 Å². The zero-order valence-electron chi connectivity index (χ0n) is 14.8. The highest BCUT2D eigenvalue weighted by molar-refractivity contribution is 7.89. The molecule has 0 amide bonds. The van der Waals surface area contributed by atoms with Gasteiger partial charge in [-0.25, -0.2) is 17.5 Å². The van der Waals surface area contributed by atoms with Crippen LogP contribution in [-0.2, 0) is 10.0 Å². The van der Waals surface area contributed by atoms with Crippen LogP contribution >= 0.6 is 0 Å². The van der Waals surface area contributed by atoms with Gasteiger partial charge in [0.1, 0.15) is 19.0 Å². The van der Waals surface area contributed by atoms with Crippen LogP contribution in [0.2, 0.25) is 0 Å². The first-order valence-corrected chi connectivity index (χ1v) is 10.0. The summed E-state index contributed by atoms with van der Waals surface area (Å²) in [5.41, 5.74) is 1.45. The maximum atomic E-state index is 13.2. The second-order valence-electron chi connectivity index (χ2n) is 6.40. The van der Waals surface area contributed by atoms with Crippen LogP contribution in [0, 0.1) is 12.7 Å². The van der Waals surface area contributed by atoms with Crippen molar-refractivity contribution < 1.29 is 22.3 Å². The third kappa shape index (κ3) is 4.16. The summed E-state index contributed by atoms with van der Waals surface area (Å²) in [6.07, 6.45) is 0.624. The fourth-order valence-electron chi connectivity index (χ4n) is 2.94. The number of sulfonamides is 1. The number of halogens is 1. The van der Waals surface area contributed by atoms with E-state index in [1.165, 1.54) is 12.1 Å². The monoisotopic (exact) mass is 379 g/mol. The molecule has 0 aromatic heterocycles. The summed E-state index contributed by atoms with van der Waals surface area (Å²) in [7, 11) is -3.66. The van der Waals surface area contributed by atoms with Gasteiger partial charge in [0.05, 0.1) is 4.90 Å². The van der Waals surface area contributed by atoms with Gasteiger partial charge in [0.25, 0.3) is 0 Å². The van der Waals surface area contributed by atoms with Crippen molar-refractivity contribution >= 4 is 10.0 Å². The molecule has 1 atom stereocenters. The first kappa shape index (κ1) is 18.7. The van der Waals surface area contributed by atoms with Gasteiger partial charge in [-0.15, -0.1) is 0 Å². The van der Waals surface area contributed by atoms with Gasteiger partial charge in [0, 0.05) is 6.54 Å². The Morgan fingerprint density at radius 2 is 1.85 bits per heavy atom. The lowest BCUT2D eigenvalue weighted by Crippen LogP contribution is -2.26. The maximum Gasteiger partial charge on any atom is 0.240 e. The van der Waals surface area contributed by atoms with E-state index in [0.29, 0.717) is 25.2 Å². The summed E-state index contributed by atoms with van der Waals surface area (Å²) in [6, 6.07) is 9.45. The number of fused-ring (bicyclic) bond motifs is 1. The molecule has 0 bridgehead atoms. The van der Waals surface area contributed by atoms with Gasteiger partial charge >= 0.3 is 0 Å². The van der Waals surface area contributed by atoms with Crippen LogP contribution in [0.4, 0.5) is 4.39 Å². The second-order valence-corrected chi connectivity index (χ2v) is 8.14. The molecule has 2 aromatic carbocycles. The molecule has 0 radical (unpaired) electrons. The van der Waals surface area contributed by atoms with Crippen molar-refractivity contribution in [3.8, 4) is 11.5 Å². The van der Waals surface area contributed by atoms with Crippen molar-refractivity contribution in [2.75, 3.05) is 19.8 Å². The number of aryl methyl sites for hydroxylation is 1. The van der Waals surface area contributed by atoms with Crippen molar-refractivity contribution in [3.05, 3.63) is 53.3 Å². The minimum absolute atomic E-state index is 0.103. The summed E-state index contributed by atoms with van der Waals surface area (Å²) in [5.74, 6) is 1.15. The van der Waals surface area contributed by atoms with Gasteiger partial charge in [-0.1, -0.05) is 13.0 Å². The van der Waals surface area contributed by atoms with Crippen LogP contribution in [0.1, 0.15) is 30.4 Å². The van der Waals surface area contributed by atoms with Crippen molar-refractivity contribution in [3.63, 3.8) is 0 Å². The Balaban J connectivity index is 1.62. The minimum Gasteiger partial charge on any atom is -0.486 e. The predicted molar refractivity (Wildman–Crippen MR) is 96.8 cm³/mol. The number of benzene rings is 2. The zero-order chi connectivity index (χ0) is 18.7. The molecule has 0 aliphatic carbocycles. The molecule has 0 fully saturated rings. The molecule has 5 nitrogen and oxygen atoms in total. The van der Waals surface area contributed by atoms with E-state index < -0.39 is 15.8 Å². The van der Waals surface area contributed by atoms with Crippen LogP contribution in [0.15, 0.2) is 41.3 Å². The number of hydrogen-bond donors (Lipinski definition) is 1. The molecular weight excluding hydrogens is 357 g/mol. The summed E-state index contributed by atoms with van der Waals surface area (Å²) in [5, 5.41) is 0. The molecular formula is C19H22FNO4S. The smallest absolute Gasteiger partial charge is 0.240 e. The Labute approximate surface area is 153 Å². The van der Waals surface area contributed by atoms with Crippen molar-refractivity contribution in [1.82, 2.24) is 4.72 Å². The summed E-state index contributed by atoms with van der Waals surface area (Å²) < 4.78 is 51.7. The summed E-state index contributed by atoms with van der Waals surface area (Å²) >= 11 is 0. The van der Waals surface area contributed by atoms with Crippen LogP contribution in [0.3, 0.4) is 0 Å². The van der Waals surface area contributed by atoms with E-state index in [4.69, 9.17) is 9.47 Å². The molecule has 1 aliphatic heterocycles. The average molecular weight is 379 g/mol. The Morgan fingerprint density at radius 3 is 2.58 bits per heavy atom. The van der Waals surface area contributed by atoms with Gasteiger partial charge in [-0.3, -0.25) is 0 Å². The van der Waals surface area contributed by atoms with E-state index in [2.05, 4.69) is 4.72 Å². The Kier molecular flexibility index (Phi) is 5.48. The van der Waals surface area contributed by atoms with Crippen LogP contribution in [0.25, 0.3) is 0 Å². The van der Waals surface area contributed by atoms with Crippen molar-refractivity contribution in [1.29, 1.82) is 0 Å². The zero-order valence-corrected chi connectivity index (χ0v) is 15.6. The Hall–Kier alpha value is -2.12. The molecule has 1 heterocycles. The predicted octanol–water partition coefficient (Wildman–Crippen LogP) is 3.38. The molecule has 7 heteroatoms. The largest absolute Gasteiger partial charge is 0.486 e. The quantitative estimate of drug-likeness (QED) is 0.836. The molecule has 140 valence electrons. The number of ether oxygens (including phenoxy) is 2. The highest BCUT2D eigenvalue weighted by Crippen LogP contribution is 2.33. The fraction of sp³-hybridized carbons (Fsp3) is 0.368. The molecule has 0 saturated heterocycles. The van der Waals surface area contributed by atoms with E-state index in [0.717, 1.165) is 23.1 Å². The second kappa shape index (κ2) is 7.63. The maximum absolute atomic E-state index is 13.2. The van der Waals surface area contributed by atoms with E-state index in [1.54, 1.807) is 6.92 Å². The van der Waals surface area contributed by atoms with Gasteiger partial charge in [0.15, 0.2) is 11.5 Å². The molecule has 0 spiro atoms. The van der Waals surface area contributed by atoms with Crippen LogP contribution in [-0.4, -0.2) is 28.2 Å². The lowest BCUT2D eigenvalue weighted by atomic mass is 9.97. The molecule has 0 saturated carbocycles. The van der Waals surface area contributed by atoms with Crippen molar-refractivity contribution in [2.24, 2.45) is 0 Å². The topological polar surface area (TPSA) is 64.6 Å². The number of rotatable bonds is 6. The lowest BCUT2D eigenvalue weighted by Gasteiger charge is -2.20. The molecule has 3 rings (SSSR count).